The van der Waals surface area contributed by atoms with Crippen LogP contribution in [0.25, 0.3) is 0 Å². The molecule has 1 saturated carbocycles. The molecule has 4 atom stereocenters. The molecule has 0 spiro atoms. The zero-order valence-corrected chi connectivity index (χ0v) is 11.8. The van der Waals surface area contributed by atoms with Crippen LogP contribution in [0.3, 0.4) is 0 Å². The Kier molecular flexibility index (Phi) is 6.45. The fraction of sp³-hybridized carbons (Fsp3) is 1.00. The fourth-order valence-electron chi connectivity index (χ4n) is 2.40. The van der Waals surface area contributed by atoms with Gasteiger partial charge in [-0.25, -0.2) is 0 Å². The molecule has 0 aliphatic heterocycles. The molecule has 102 valence electrons. The van der Waals surface area contributed by atoms with Crippen molar-refractivity contribution in [1.29, 1.82) is 0 Å². The summed E-state index contributed by atoms with van der Waals surface area (Å²) in [4.78, 5) is 0. The SMILES string of the molecule is CC(C)OCC(O)CNC1CCC(C)C(C)C1. The van der Waals surface area contributed by atoms with E-state index in [1.807, 2.05) is 13.8 Å². The van der Waals surface area contributed by atoms with E-state index in [1.54, 1.807) is 0 Å². The van der Waals surface area contributed by atoms with Gasteiger partial charge in [0.05, 0.1) is 18.8 Å². The van der Waals surface area contributed by atoms with E-state index < -0.39 is 0 Å². The van der Waals surface area contributed by atoms with Crippen LogP contribution in [0.2, 0.25) is 0 Å². The van der Waals surface area contributed by atoms with Gasteiger partial charge < -0.3 is 15.2 Å². The molecule has 0 saturated heterocycles. The zero-order valence-electron chi connectivity index (χ0n) is 11.8. The summed E-state index contributed by atoms with van der Waals surface area (Å²) in [5.41, 5.74) is 0. The molecular weight excluding hydrogens is 214 g/mol. The van der Waals surface area contributed by atoms with Crippen molar-refractivity contribution in [1.82, 2.24) is 5.32 Å². The fourth-order valence-corrected chi connectivity index (χ4v) is 2.40. The maximum atomic E-state index is 9.76. The van der Waals surface area contributed by atoms with Crippen molar-refractivity contribution in [3.63, 3.8) is 0 Å². The number of ether oxygens (including phenoxy) is 1. The average molecular weight is 243 g/mol. The molecule has 1 fully saturated rings. The summed E-state index contributed by atoms with van der Waals surface area (Å²) in [6.45, 7) is 9.74. The van der Waals surface area contributed by atoms with Gasteiger partial charge in [0.2, 0.25) is 0 Å². The highest BCUT2D eigenvalue weighted by Gasteiger charge is 2.24. The van der Waals surface area contributed by atoms with Crippen molar-refractivity contribution in [2.75, 3.05) is 13.2 Å². The van der Waals surface area contributed by atoms with Crippen molar-refractivity contribution in [3.05, 3.63) is 0 Å². The molecule has 1 aliphatic rings. The second-order valence-corrected chi connectivity index (χ2v) is 5.91. The van der Waals surface area contributed by atoms with Crippen molar-refractivity contribution in [3.8, 4) is 0 Å². The normalized spacial score (nSPS) is 31.8. The highest BCUT2D eigenvalue weighted by molar-refractivity contribution is 4.80. The Hall–Kier alpha value is -0.120. The Balaban J connectivity index is 2.13. The van der Waals surface area contributed by atoms with E-state index in [-0.39, 0.29) is 12.2 Å². The quantitative estimate of drug-likeness (QED) is 0.751. The Bertz CT molecular complexity index is 208. The molecule has 1 rings (SSSR count). The Morgan fingerprint density at radius 1 is 1.24 bits per heavy atom. The molecule has 0 radical (unpaired) electrons. The molecule has 2 N–H and O–H groups in total. The van der Waals surface area contributed by atoms with Gasteiger partial charge in [-0.3, -0.25) is 0 Å². The Morgan fingerprint density at radius 3 is 2.53 bits per heavy atom. The molecule has 17 heavy (non-hydrogen) atoms. The molecule has 4 unspecified atom stereocenters. The van der Waals surface area contributed by atoms with Crippen LogP contribution < -0.4 is 5.32 Å². The van der Waals surface area contributed by atoms with Crippen LogP contribution in [-0.4, -0.2) is 36.5 Å². The van der Waals surface area contributed by atoms with Crippen molar-refractivity contribution < 1.29 is 9.84 Å². The minimum absolute atomic E-state index is 0.195. The van der Waals surface area contributed by atoms with Crippen LogP contribution in [0, 0.1) is 11.8 Å². The van der Waals surface area contributed by atoms with Crippen LogP contribution >= 0.6 is 0 Å². The van der Waals surface area contributed by atoms with Gasteiger partial charge >= 0.3 is 0 Å². The largest absolute Gasteiger partial charge is 0.389 e. The van der Waals surface area contributed by atoms with Gasteiger partial charge in [0, 0.05) is 12.6 Å². The maximum Gasteiger partial charge on any atom is 0.0897 e. The minimum atomic E-state index is -0.382. The first kappa shape index (κ1) is 14.9. The van der Waals surface area contributed by atoms with Gasteiger partial charge in [0.1, 0.15) is 0 Å². The summed E-state index contributed by atoms with van der Waals surface area (Å²) in [5, 5.41) is 13.2. The Labute approximate surface area is 106 Å². The van der Waals surface area contributed by atoms with Gasteiger partial charge in [0.25, 0.3) is 0 Å². The predicted octanol–water partition coefficient (Wildman–Crippen LogP) is 2.19. The van der Waals surface area contributed by atoms with Crippen LogP contribution in [0.15, 0.2) is 0 Å². The summed E-state index contributed by atoms with van der Waals surface area (Å²) in [5.74, 6) is 1.65. The zero-order chi connectivity index (χ0) is 12.8. The van der Waals surface area contributed by atoms with Gasteiger partial charge in [-0.15, -0.1) is 0 Å². The number of nitrogens with one attached hydrogen (secondary N) is 1. The molecule has 0 amide bonds. The summed E-state index contributed by atoms with van der Waals surface area (Å²) < 4.78 is 5.39. The molecule has 0 heterocycles. The number of aliphatic hydroxyl groups excluding tert-OH is 1. The minimum Gasteiger partial charge on any atom is -0.389 e. The summed E-state index contributed by atoms with van der Waals surface area (Å²) >= 11 is 0. The van der Waals surface area contributed by atoms with Crippen molar-refractivity contribution in [2.24, 2.45) is 11.8 Å². The molecule has 0 aromatic heterocycles. The number of rotatable bonds is 6. The van der Waals surface area contributed by atoms with Gasteiger partial charge in [-0.05, 0) is 44.9 Å². The lowest BCUT2D eigenvalue weighted by molar-refractivity contribution is 0.00449. The molecule has 0 bridgehead atoms. The first-order valence-corrected chi connectivity index (χ1v) is 7.02. The second kappa shape index (κ2) is 7.34. The van der Waals surface area contributed by atoms with Crippen molar-refractivity contribution in [2.45, 2.75) is 65.2 Å². The number of aliphatic hydroxyl groups is 1. The van der Waals surface area contributed by atoms with Crippen LogP contribution in [0.4, 0.5) is 0 Å². The Morgan fingerprint density at radius 2 is 1.94 bits per heavy atom. The molecular formula is C14H29NO2. The highest BCUT2D eigenvalue weighted by Crippen LogP contribution is 2.29. The van der Waals surface area contributed by atoms with E-state index in [2.05, 4.69) is 19.2 Å². The van der Waals surface area contributed by atoms with E-state index in [0.717, 1.165) is 11.8 Å². The van der Waals surface area contributed by atoms with E-state index >= 15 is 0 Å². The van der Waals surface area contributed by atoms with E-state index in [1.165, 1.54) is 19.3 Å². The predicted molar refractivity (Wildman–Crippen MR) is 71.1 cm³/mol. The maximum absolute atomic E-state index is 9.76. The topological polar surface area (TPSA) is 41.5 Å². The standard InChI is InChI=1S/C14H29NO2/c1-10(2)17-9-14(16)8-15-13-6-5-11(3)12(4)7-13/h10-16H,5-9H2,1-4H3. The number of hydrogen-bond acceptors (Lipinski definition) is 3. The summed E-state index contributed by atoms with van der Waals surface area (Å²) in [7, 11) is 0. The van der Waals surface area contributed by atoms with E-state index in [4.69, 9.17) is 4.74 Å². The average Bonchev–Trinajstić information content (AvgIpc) is 2.28. The summed E-state index contributed by atoms with van der Waals surface area (Å²) in [6, 6.07) is 0.579. The second-order valence-electron chi connectivity index (χ2n) is 5.91. The number of hydrogen-bond donors (Lipinski definition) is 2. The lowest BCUT2D eigenvalue weighted by atomic mass is 9.79. The van der Waals surface area contributed by atoms with E-state index in [9.17, 15) is 5.11 Å². The molecule has 0 aromatic carbocycles. The summed E-state index contributed by atoms with van der Waals surface area (Å²) in [6.07, 6.45) is 3.59. The molecule has 3 nitrogen and oxygen atoms in total. The van der Waals surface area contributed by atoms with Crippen LogP contribution in [0.5, 0.6) is 0 Å². The lowest BCUT2D eigenvalue weighted by Crippen LogP contribution is -2.41. The van der Waals surface area contributed by atoms with Gasteiger partial charge in [-0.1, -0.05) is 13.8 Å². The third-order valence-electron chi connectivity index (χ3n) is 3.86. The molecule has 3 heteroatoms. The highest BCUT2D eigenvalue weighted by atomic mass is 16.5. The first-order valence-electron chi connectivity index (χ1n) is 7.02. The van der Waals surface area contributed by atoms with Crippen LogP contribution in [-0.2, 0) is 4.74 Å². The van der Waals surface area contributed by atoms with E-state index in [0.29, 0.717) is 19.2 Å². The van der Waals surface area contributed by atoms with Gasteiger partial charge in [-0.2, -0.15) is 0 Å². The van der Waals surface area contributed by atoms with Gasteiger partial charge in [0.15, 0.2) is 0 Å². The van der Waals surface area contributed by atoms with Crippen LogP contribution in [0.1, 0.15) is 47.0 Å². The smallest absolute Gasteiger partial charge is 0.0897 e. The first-order chi connectivity index (χ1) is 7.99. The molecule has 0 aromatic rings. The third kappa shape index (κ3) is 5.84. The lowest BCUT2D eigenvalue weighted by Gasteiger charge is -2.33. The van der Waals surface area contributed by atoms with Crippen molar-refractivity contribution >= 4 is 0 Å². The molecule has 1 aliphatic carbocycles. The third-order valence-corrected chi connectivity index (χ3v) is 3.86. The monoisotopic (exact) mass is 243 g/mol.